The van der Waals surface area contributed by atoms with Gasteiger partial charge in [0.25, 0.3) is 5.91 Å². The Kier molecular flexibility index (Phi) is 3.61. The molecule has 2 aromatic rings. The minimum Gasteiger partial charge on any atom is -0.378 e. The lowest BCUT2D eigenvalue weighted by atomic mass is 9.96. The number of hydrogen-bond acceptors (Lipinski definition) is 4. The molecular formula is C15H13FN4O2. The number of carbonyl (C=O) groups is 1. The zero-order valence-corrected chi connectivity index (χ0v) is 11.6. The Labute approximate surface area is 125 Å². The molecule has 1 aromatic carbocycles. The van der Waals surface area contributed by atoms with Crippen LogP contribution in [0.1, 0.15) is 28.2 Å². The zero-order valence-electron chi connectivity index (χ0n) is 11.6. The average molecular weight is 300 g/mol. The zero-order chi connectivity index (χ0) is 15.6. The minimum atomic E-state index is -0.734. The average Bonchev–Trinajstić information content (AvgIpc) is 3.19. The molecule has 112 valence electrons. The topological polar surface area (TPSA) is 90.8 Å². The van der Waals surface area contributed by atoms with Gasteiger partial charge in [-0.15, -0.1) is 0 Å². The van der Waals surface area contributed by atoms with Gasteiger partial charge < -0.3 is 15.0 Å². The Bertz CT molecular complexity index is 730. The van der Waals surface area contributed by atoms with Gasteiger partial charge in [0.1, 0.15) is 23.2 Å². The Morgan fingerprint density at radius 3 is 3.05 bits per heavy atom. The maximum Gasteiger partial charge on any atom is 0.252 e. The molecular weight excluding hydrogens is 287 g/mol. The highest BCUT2D eigenvalue weighted by atomic mass is 19.1. The van der Waals surface area contributed by atoms with Crippen LogP contribution in [-0.2, 0) is 10.3 Å². The van der Waals surface area contributed by atoms with E-state index in [-0.39, 0.29) is 11.1 Å². The molecule has 2 heterocycles. The van der Waals surface area contributed by atoms with Gasteiger partial charge in [0.15, 0.2) is 0 Å². The molecule has 1 amide bonds. The van der Waals surface area contributed by atoms with Crippen LogP contribution in [0.25, 0.3) is 0 Å². The first-order valence-electron chi connectivity index (χ1n) is 6.74. The van der Waals surface area contributed by atoms with Crippen LogP contribution < -0.4 is 5.32 Å². The number of aromatic nitrogens is 2. The summed E-state index contributed by atoms with van der Waals surface area (Å²) in [6.45, 7) is 0.812. The molecule has 0 radical (unpaired) electrons. The molecule has 1 aliphatic heterocycles. The van der Waals surface area contributed by atoms with E-state index in [9.17, 15) is 9.18 Å². The summed E-state index contributed by atoms with van der Waals surface area (Å²) < 4.78 is 18.7. The lowest BCUT2D eigenvalue weighted by Crippen LogP contribution is -2.47. The molecule has 6 nitrogen and oxygen atoms in total. The Morgan fingerprint density at radius 2 is 2.41 bits per heavy atom. The monoisotopic (exact) mass is 300 g/mol. The number of ether oxygens (including phenoxy) is 1. The summed E-state index contributed by atoms with van der Waals surface area (Å²) >= 11 is 0. The number of rotatable bonds is 3. The Morgan fingerprint density at radius 1 is 1.55 bits per heavy atom. The van der Waals surface area contributed by atoms with Crippen LogP contribution in [0, 0.1) is 17.1 Å². The number of halogens is 1. The number of benzene rings is 1. The fourth-order valence-corrected chi connectivity index (χ4v) is 2.48. The minimum absolute atomic E-state index is 0.164. The van der Waals surface area contributed by atoms with Crippen molar-refractivity contribution in [2.75, 3.05) is 13.2 Å². The lowest BCUT2D eigenvalue weighted by Gasteiger charge is -2.26. The van der Waals surface area contributed by atoms with Gasteiger partial charge >= 0.3 is 0 Å². The van der Waals surface area contributed by atoms with Crippen molar-refractivity contribution in [3.8, 4) is 6.07 Å². The first kappa shape index (κ1) is 14.2. The van der Waals surface area contributed by atoms with Crippen molar-refractivity contribution in [3.63, 3.8) is 0 Å². The molecule has 1 saturated heterocycles. The van der Waals surface area contributed by atoms with Gasteiger partial charge in [-0.25, -0.2) is 9.37 Å². The van der Waals surface area contributed by atoms with E-state index < -0.39 is 17.3 Å². The third-order valence-corrected chi connectivity index (χ3v) is 3.67. The number of carbonyl (C=O) groups excluding carboxylic acids is 1. The predicted octanol–water partition coefficient (Wildman–Crippen LogP) is 1.47. The van der Waals surface area contributed by atoms with Gasteiger partial charge in [0, 0.05) is 31.0 Å². The van der Waals surface area contributed by atoms with Crippen LogP contribution in [0.15, 0.2) is 30.6 Å². The Balaban J connectivity index is 1.88. The third-order valence-electron chi connectivity index (χ3n) is 3.67. The van der Waals surface area contributed by atoms with Crippen molar-refractivity contribution in [2.45, 2.75) is 12.0 Å². The summed E-state index contributed by atoms with van der Waals surface area (Å²) in [7, 11) is 0. The highest BCUT2D eigenvalue weighted by molar-refractivity contribution is 5.95. The summed E-state index contributed by atoms with van der Waals surface area (Å²) in [6.07, 6.45) is 3.86. The molecule has 2 N–H and O–H groups in total. The van der Waals surface area contributed by atoms with E-state index in [2.05, 4.69) is 15.3 Å². The second-order valence-electron chi connectivity index (χ2n) is 5.08. The highest BCUT2D eigenvalue weighted by Gasteiger charge is 2.40. The maximum absolute atomic E-state index is 13.3. The van der Waals surface area contributed by atoms with Crippen molar-refractivity contribution < 1.29 is 13.9 Å². The Hall–Kier alpha value is -2.72. The molecule has 1 atom stereocenters. The van der Waals surface area contributed by atoms with E-state index in [1.807, 2.05) is 0 Å². The van der Waals surface area contributed by atoms with Gasteiger partial charge in [0.05, 0.1) is 12.2 Å². The second-order valence-corrected chi connectivity index (χ2v) is 5.08. The van der Waals surface area contributed by atoms with Crippen LogP contribution in [-0.4, -0.2) is 29.1 Å². The van der Waals surface area contributed by atoms with E-state index in [4.69, 9.17) is 10.00 Å². The number of amides is 1. The lowest BCUT2D eigenvalue weighted by molar-refractivity contribution is 0.0869. The van der Waals surface area contributed by atoms with Crippen LogP contribution in [0.2, 0.25) is 0 Å². The van der Waals surface area contributed by atoms with Gasteiger partial charge in [-0.05, 0) is 18.2 Å². The molecule has 0 spiro atoms. The third kappa shape index (κ3) is 2.44. The predicted molar refractivity (Wildman–Crippen MR) is 74.3 cm³/mol. The normalized spacial score (nSPS) is 20.5. The first-order valence-corrected chi connectivity index (χ1v) is 6.74. The van der Waals surface area contributed by atoms with E-state index in [0.717, 1.165) is 6.07 Å². The SMILES string of the molecule is N#Cc1cc(C(=O)NC2(c3ncc[nH]3)CCOC2)ccc1F. The summed E-state index contributed by atoms with van der Waals surface area (Å²) in [4.78, 5) is 19.6. The van der Waals surface area contributed by atoms with Gasteiger partial charge in [-0.3, -0.25) is 4.79 Å². The fraction of sp³-hybridized carbons (Fsp3) is 0.267. The van der Waals surface area contributed by atoms with E-state index in [1.54, 1.807) is 18.5 Å². The quantitative estimate of drug-likeness (QED) is 0.898. The number of H-pyrrole nitrogens is 1. The van der Waals surface area contributed by atoms with Crippen molar-refractivity contribution in [2.24, 2.45) is 0 Å². The molecule has 3 rings (SSSR count). The molecule has 7 heteroatoms. The van der Waals surface area contributed by atoms with Crippen LogP contribution in [0.5, 0.6) is 0 Å². The number of aromatic amines is 1. The van der Waals surface area contributed by atoms with Crippen LogP contribution in [0.3, 0.4) is 0 Å². The maximum atomic E-state index is 13.3. The van der Waals surface area contributed by atoms with E-state index in [1.165, 1.54) is 12.1 Å². The molecule has 0 bridgehead atoms. The van der Waals surface area contributed by atoms with Crippen LogP contribution >= 0.6 is 0 Å². The number of nitrogens with one attached hydrogen (secondary N) is 2. The fourth-order valence-electron chi connectivity index (χ4n) is 2.48. The standard InChI is InChI=1S/C15H13FN4O2/c16-12-2-1-10(7-11(12)8-17)13(21)20-15(3-6-22-9-15)14-18-4-5-19-14/h1-2,4-5,7H,3,6,9H2,(H,18,19)(H,20,21). The van der Waals surface area contributed by atoms with Gasteiger partial charge in [0.2, 0.25) is 0 Å². The number of nitriles is 1. The largest absolute Gasteiger partial charge is 0.378 e. The van der Waals surface area contributed by atoms with Crippen molar-refractivity contribution in [1.82, 2.24) is 15.3 Å². The highest BCUT2D eigenvalue weighted by Crippen LogP contribution is 2.28. The summed E-state index contributed by atoms with van der Waals surface area (Å²) in [6, 6.07) is 5.41. The number of imidazole rings is 1. The van der Waals surface area contributed by atoms with Gasteiger partial charge in [-0.2, -0.15) is 5.26 Å². The molecule has 1 unspecified atom stereocenters. The molecule has 0 saturated carbocycles. The van der Waals surface area contributed by atoms with Crippen molar-refractivity contribution >= 4 is 5.91 Å². The van der Waals surface area contributed by atoms with E-state index in [0.29, 0.717) is 25.5 Å². The first-order chi connectivity index (χ1) is 10.6. The second kappa shape index (κ2) is 5.58. The molecule has 1 aromatic heterocycles. The summed E-state index contributed by atoms with van der Waals surface area (Å²) in [5.74, 6) is -0.441. The summed E-state index contributed by atoms with van der Waals surface area (Å²) in [5, 5.41) is 11.7. The van der Waals surface area contributed by atoms with Gasteiger partial charge in [-0.1, -0.05) is 0 Å². The van der Waals surface area contributed by atoms with Crippen molar-refractivity contribution in [3.05, 3.63) is 53.4 Å². The molecule has 1 aliphatic rings. The molecule has 22 heavy (non-hydrogen) atoms. The van der Waals surface area contributed by atoms with Crippen molar-refractivity contribution in [1.29, 1.82) is 5.26 Å². The molecule has 1 fully saturated rings. The summed E-state index contributed by atoms with van der Waals surface area (Å²) in [5.41, 5.74) is -0.681. The van der Waals surface area contributed by atoms with Crippen LogP contribution in [0.4, 0.5) is 4.39 Å². The number of nitrogens with zero attached hydrogens (tertiary/aromatic N) is 2. The van der Waals surface area contributed by atoms with E-state index >= 15 is 0 Å². The number of hydrogen-bond donors (Lipinski definition) is 2. The molecule has 0 aliphatic carbocycles. The smallest absolute Gasteiger partial charge is 0.252 e.